The van der Waals surface area contributed by atoms with E-state index >= 15 is 0 Å². The Hall–Kier alpha value is -0.860. The Kier molecular flexibility index (Phi) is 4.00. The number of carbonyl (C=O) groups is 1. The monoisotopic (exact) mass is 280 g/mol. The van der Waals surface area contributed by atoms with Crippen LogP contribution in [0, 0.1) is 5.92 Å². The molecule has 0 saturated carbocycles. The Morgan fingerprint density at radius 1 is 1.18 bits per heavy atom. The Labute approximate surface area is 96.2 Å². The van der Waals surface area contributed by atoms with Crippen LogP contribution in [0.25, 0.3) is 0 Å². The zero-order valence-corrected chi connectivity index (χ0v) is 8.88. The summed E-state index contributed by atoms with van der Waals surface area (Å²) in [6.45, 7) is 0. The van der Waals surface area contributed by atoms with E-state index in [-0.39, 0.29) is 0 Å². The fourth-order valence-corrected chi connectivity index (χ4v) is 1.56. The van der Waals surface area contributed by atoms with Crippen LogP contribution in [0.15, 0.2) is 11.8 Å². The van der Waals surface area contributed by atoms with Crippen LogP contribution < -0.4 is 0 Å². The average molecular weight is 280 g/mol. The van der Waals surface area contributed by atoms with Gasteiger partial charge < -0.3 is 4.18 Å². The maximum atomic E-state index is 12.3. The minimum absolute atomic E-state index is 0.606. The predicted molar refractivity (Wildman–Crippen MR) is 46.6 cm³/mol. The topological polar surface area (TPSA) is 26.3 Å². The number of alkyl halides is 6. The molecule has 1 unspecified atom stereocenters. The summed E-state index contributed by atoms with van der Waals surface area (Å²) >= 11 is -0.933. The highest BCUT2D eigenvalue weighted by molar-refractivity contribution is 7.95. The van der Waals surface area contributed by atoms with Crippen LogP contribution in [0.2, 0.25) is 0 Å². The van der Waals surface area contributed by atoms with E-state index in [1.165, 1.54) is 0 Å². The summed E-state index contributed by atoms with van der Waals surface area (Å²) < 4.78 is 76.2. The summed E-state index contributed by atoms with van der Waals surface area (Å²) in [6.07, 6.45) is -5.46. The third-order valence-electron chi connectivity index (χ3n) is 1.92. The number of rotatable bonds is 2. The van der Waals surface area contributed by atoms with Gasteiger partial charge in [-0.2, -0.15) is 26.3 Å². The summed E-state index contributed by atoms with van der Waals surface area (Å²) in [5.41, 5.74) is -4.73. The molecule has 1 rings (SSSR count). The fraction of sp³-hybridized carbons (Fsp3) is 0.625. The van der Waals surface area contributed by atoms with Crippen molar-refractivity contribution in [3.63, 3.8) is 0 Å². The molecule has 0 aromatic rings. The first-order valence-corrected chi connectivity index (χ1v) is 5.04. The molecule has 98 valence electrons. The van der Waals surface area contributed by atoms with Gasteiger partial charge in [-0.3, -0.25) is 4.79 Å². The summed E-state index contributed by atoms with van der Waals surface area (Å²) in [7, 11) is 0. The second-order valence-electron chi connectivity index (χ2n) is 3.34. The molecule has 0 spiro atoms. The largest absolute Gasteiger partial charge is 0.479 e. The van der Waals surface area contributed by atoms with E-state index in [9.17, 15) is 31.1 Å². The van der Waals surface area contributed by atoms with Crippen molar-refractivity contribution in [2.45, 2.75) is 24.5 Å². The molecule has 0 amide bonds. The standard InChI is InChI=1S/C8H6F6O2S/c9-7(10,11)4-1-5(15)3-6(2-4)16-17-8(12,13)14/h3-4H,1-2H2. The Morgan fingerprint density at radius 3 is 2.24 bits per heavy atom. The van der Waals surface area contributed by atoms with Gasteiger partial charge in [0.2, 0.25) is 0 Å². The zero-order valence-electron chi connectivity index (χ0n) is 8.06. The molecule has 0 bridgehead atoms. The van der Waals surface area contributed by atoms with E-state index in [1.807, 2.05) is 0 Å². The maximum Gasteiger partial charge on any atom is 0.479 e. The number of carbonyl (C=O) groups excluding carboxylic acids is 1. The van der Waals surface area contributed by atoms with Gasteiger partial charge in [0.15, 0.2) is 17.8 Å². The maximum absolute atomic E-state index is 12.3. The molecule has 2 nitrogen and oxygen atoms in total. The van der Waals surface area contributed by atoms with Crippen LogP contribution in [0.3, 0.4) is 0 Å². The van der Waals surface area contributed by atoms with Crippen LogP contribution in [0.4, 0.5) is 26.3 Å². The van der Waals surface area contributed by atoms with Crippen LogP contribution in [0.5, 0.6) is 0 Å². The minimum Gasteiger partial charge on any atom is -0.421 e. The molecular formula is C8H6F6O2S. The van der Waals surface area contributed by atoms with Crippen molar-refractivity contribution in [2.24, 2.45) is 5.92 Å². The number of hydrogen-bond acceptors (Lipinski definition) is 3. The molecule has 0 aromatic heterocycles. The van der Waals surface area contributed by atoms with Gasteiger partial charge in [-0.1, -0.05) is 0 Å². The molecule has 1 atom stereocenters. The third kappa shape index (κ3) is 4.88. The van der Waals surface area contributed by atoms with Crippen LogP contribution in [-0.2, 0) is 8.98 Å². The molecular weight excluding hydrogens is 274 g/mol. The van der Waals surface area contributed by atoms with Crippen molar-refractivity contribution in [1.82, 2.24) is 0 Å². The van der Waals surface area contributed by atoms with E-state index in [4.69, 9.17) is 0 Å². The lowest BCUT2D eigenvalue weighted by atomic mass is 9.92. The van der Waals surface area contributed by atoms with Gasteiger partial charge in [-0.15, -0.1) is 0 Å². The lowest BCUT2D eigenvalue weighted by Crippen LogP contribution is -2.28. The SMILES string of the molecule is O=C1C=C(OSC(F)(F)F)CC(C(F)(F)F)C1. The van der Waals surface area contributed by atoms with Gasteiger partial charge >= 0.3 is 11.7 Å². The van der Waals surface area contributed by atoms with Gasteiger partial charge in [0.25, 0.3) is 0 Å². The van der Waals surface area contributed by atoms with E-state index < -0.39 is 54.0 Å². The molecule has 17 heavy (non-hydrogen) atoms. The van der Waals surface area contributed by atoms with Crippen molar-refractivity contribution < 1.29 is 35.3 Å². The highest BCUT2D eigenvalue weighted by Gasteiger charge is 2.43. The molecule has 1 aliphatic rings. The van der Waals surface area contributed by atoms with Gasteiger partial charge in [-0.25, -0.2) is 0 Å². The first kappa shape index (κ1) is 14.2. The lowest BCUT2D eigenvalue weighted by Gasteiger charge is -2.23. The molecule has 1 aliphatic carbocycles. The lowest BCUT2D eigenvalue weighted by molar-refractivity contribution is -0.179. The second-order valence-corrected chi connectivity index (χ2v) is 4.13. The number of ketones is 1. The second kappa shape index (κ2) is 4.79. The number of hydrogen-bond donors (Lipinski definition) is 0. The van der Waals surface area contributed by atoms with E-state index in [1.54, 1.807) is 0 Å². The molecule has 0 heterocycles. The van der Waals surface area contributed by atoms with Crippen LogP contribution >= 0.6 is 12.0 Å². The van der Waals surface area contributed by atoms with E-state index in [0.29, 0.717) is 6.08 Å². The number of halogens is 6. The summed E-state index contributed by atoms with van der Waals surface area (Å²) in [5.74, 6) is -3.48. The van der Waals surface area contributed by atoms with Gasteiger partial charge in [0.1, 0.15) is 5.76 Å². The number of allylic oxidation sites excluding steroid dienone is 2. The molecule has 0 aromatic carbocycles. The Bertz CT molecular complexity index is 332. The summed E-state index contributed by atoms with van der Waals surface area (Å²) in [5, 5.41) is 0. The fourth-order valence-electron chi connectivity index (χ4n) is 1.25. The van der Waals surface area contributed by atoms with Gasteiger partial charge in [-0.05, 0) is 0 Å². The summed E-state index contributed by atoms with van der Waals surface area (Å²) in [6, 6.07) is 0. The molecule has 9 heteroatoms. The molecule has 0 aliphatic heterocycles. The van der Waals surface area contributed by atoms with Crippen molar-refractivity contribution in [2.75, 3.05) is 0 Å². The van der Waals surface area contributed by atoms with Crippen LogP contribution in [0.1, 0.15) is 12.8 Å². The average Bonchev–Trinajstić information content (AvgIpc) is 2.11. The smallest absolute Gasteiger partial charge is 0.421 e. The van der Waals surface area contributed by atoms with Gasteiger partial charge in [0, 0.05) is 18.9 Å². The normalized spacial score (nSPS) is 22.4. The van der Waals surface area contributed by atoms with Crippen LogP contribution in [-0.4, -0.2) is 17.5 Å². The molecule has 0 fully saturated rings. The molecule has 0 N–H and O–H groups in total. The summed E-state index contributed by atoms with van der Waals surface area (Å²) in [4.78, 5) is 10.9. The van der Waals surface area contributed by atoms with Crippen molar-refractivity contribution >= 4 is 17.8 Å². The minimum atomic E-state index is -4.73. The van der Waals surface area contributed by atoms with Crippen molar-refractivity contribution in [3.8, 4) is 0 Å². The first-order valence-electron chi connectivity index (χ1n) is 4.30. The van der Waals surface area contributed by atoms with Crippen molar-refractivity contribution in [3.05, 3.63) is 11.8 Å². The Morgan fingerprint density at radius 2 is 1.76 bits per heavy atom. The quantitative estimate of drug-likeness (QED) is 0.571. The first-order chi connectivity index (χ1) is 7.58. The van der Waals surface area contributed by atoms with E-state index in [2.05, 4.69) is 4.18 Å². The zero-order chi connectivity index (χ0) is 13.3. The predicted octanol–water partition coefficient (Wildman–Crippen LogP) is 3.60. The highest BCUT2D eigenvalue weighted by atomic mass is 32.2. The van der Waals surface area contributed by atoms with Gasteiger partial charge in [0.05, 0.1) is 5.92 Å². The Balaban J connectivity index is 2.65. The highest BCUT2D eigenvalue weighted by Crippen LogP contribution is 2.40. The van der Waals surface area contributed by atoms with Crippen molar-refractivity contribution in [1.29, 1.82) is 0 Å². The molecule has 0 saturated heterocycles. The third-order valence-corrected chi connectivity index (χ3v) is 2.41. The molecule has 0 radical (unpaired) electrons. The van der Waals surface area contributed by atoms with E-state index in [0.717, 1.165) is 0 Å².